The van der Waals surface area contributed by atoms with Gasteiger partial charge in [-0.2, -0.15) is 4.31 Å². The van der Waals surface area contributed by atoms with Crippen LogP contribution in [0, 0.1) is 6.92 Å². The SMILES string of the molecule is Cc1onc(-c2c(Cl)cccc2Cl)c1C(=O)Nc1ccc(S(=O)(=O)N2CCCC2)cc1. The van der Waals surface area contributed by atoms with Crippen LogP contribution in [0.1, 0.15) is 29.0 Å². The van der Waals surface area contributed by atoms with Crippen molar-refractivity contribution in [3.63, 3.8) is 0 Å². The Morgan fingerprint density at radius 1 is 1.06 bits per heavy atom. The van der Waals surface area contributed by atoms with Gasteiger partial charge in [0.25, 0.3) is 5.91 Å². The fourth-order valence-corrected chi connectivity index (χ4v) is 5.61. The molecule has 0 bridgehead atoms. The molecule has 0 atom stereocenters. The van der Waals surface area contributed by atoms with Crippen LogP contribution >= 0.6 is 23.2 Å². The van der Waals surface area contributed by atoms with Gasteiger partial charge in [-0.25, -0.2) is 8.42 Å². The lowest BCUT2D eigenvalue weighted by molar-refractivity contribution is 0.102. The number of carbonyl (C=O) groups is 1. The first-order valence-corrected chi connectivity index (χ1v) is 11.8. The van der Waals surface area contributed by atoms with Crippen molar-refractivity contribution < 1.29 is 17.7 Å². The highest BCUT2D eigenvalue weighted by atomic mass is 35.5. The lowest BCUT2D eigenvalue weighted by Gasteiger charge is -2.15. The second kappa shape index (κ2) is 8.63. The average molecular weight is 480 g/mol. The van der Waals surface area contributed by atoms with Crippen molar-refractivity contribution in [3.05, 3.63) is 63.8 Å². The van der Waals surface area contributed by atoms with Crippen molar-refractivity contribution in [2.24, 2.45) is 0 Å². The quantitative estimate of drug-likeness (QED) is 0.555. The van der Waals surface area contributed by atoms with Crippen LogP contribution in [0.2, 0.25) is 10.0 Å². The molecule has 2 aromatic carbocycles. The molecule has 1 fully saturated rings. The molecule has 7 nitrogen and oxygen atoms in total. The summed E-state index contributed by atoms with van der Waals surface area (Å²) in [6, 6.07) is 11.0. The smallest absolute Gasteiger partial charge is 0.261 e. The summed E-state index contributed by atoms with van der Waals surface area (Å²) in [6.07, 6.45) is 1.73. The number of anilines is 1. The molecule has 1 saturated heterocycles. The van der Waals surface area contributed by atoms with Crippen molar-refractivity contribution in [1.82, 2.24) is 9.46 Å². The summed E-state index contributed by atoms with van der Waals surface area (Å²) in [5, 5.41) is 7.40. The normalized spacial score (nSPS) is 14.7. The van der Waals surface area contributed by atoms with E-state index in [2.05, 4.69) is 10.5 Å². The second-order valence-corrected chi connectivity index (χ2v) is 9.90. The van der Waals surface area contributed by atoms with Gasteiger partial charge in [0.15, 0.2) is 0 Å². The summed E-state index contributed by atoms with van der Waals surface area (Å²) < 4.78 is 32.0. The summed E-state index contributed by atoms with van der Waals surface area (Å²) in [5.74, 6) is -0.170. The Morgan fingerprint density at radius 2 is 1.68 bits per heavy atom. The van der Waals surface area contributed by atoms with Gasteiger partial charge in [-0.3, -0.25) is 4.79 Å². The summed E-state index contributed by atoms with van der Waals surface area (Å²) in [6.45, 7) is 2.67. The zero-order chi connectivity index (χ0) is 22.2. The molecule has 1 aliphatic rings. The van der Waals surface area contributed by atoms with E-state index in [-0.39, 0.29) is 16.2 Å². The molecule has 1 N–H and O–H groups in total. The lowest BCUT2D eigenvalue weighted by Crippen LogP contribution is -2.27. The third kappa shape index (κ3) is 4.21. The fourth-order valence-electron chi connectivity index (χ4n) is 3.52. The van der Waals surface area contributed by atoms with Crippen LogP contribution in [0.25, 0.3) is 11.3 Å². The highest BCUT2D eigenvalue weighted by molar-refractivity contribution is 7.89. The molecule has 1 amide bonds. The number of aryl methyl sites for hydroxylation is 1. The van der Waals surface area contributed by atoms with Gasteiger partial charge in [-0.15, -0.1) is 0 Å². The topological polar surface area (TPSA) is 92.5 Å². The van der Waals surface area contributed by atoms with Crippen molar-refractivity contribution in [1.29, 1.82) is 0 Å². The zero-order valence-electron chi connectivity index (χ0n) is 16.6. The Bertz CT molecular complexity index is 1210. The van der Waals surface area contributed by atoms with Crippen LogP contribution in [0.5, 0.6) is 0 Å². The summed E-state index contributed by atoms with van der Waals surface area (Å²) in [4.78, 5) is 13.2. The molecule has 0 radical (unpaired) electrons. The van der Waals surface area contributed by atoms with Crippen LogP contribution in [0.4, 0.5) is 5.69 Å². The first-order chi connectivity index (χ1) is 14.8. The Morgan fingerprint density at radius 3 is 2.29 bits per heavy atom. The second-order valence-electron chi connectivity index (χ2n) is 7.15. The van der Waals surface area contributed by atoms with Gasteiger partial charge in [-0.1, -0.05) is 34.4 Å². The number of sulfonamides is 1. The first-order valence-electron chi connectivity index (χ1n) is 9.61. The van der Waals surface area contributed by atoms with E-state index >= 15 is 0 Å². The minimum atomic E-state index is -3.52. The van der Waals surface area contributed by atoms with Gasteiger partial charge >= 0.3 is 0 Å². The molecule has 0 saturated carbocycles. The largest absolute Gasteiger partial charge is 0.360 e. The number of halogens is 2. The number of rotatable bonds is 5. The standard InChI is InChI=1S/C21H19Cl2N3O4S/c1-13-18(20(25-30-13)19-16(22)5-4-6-17(19)23)21(27)24-14-7-9-15(10-8-14)31(28,29)26-11-2-3-12-26/h4-10H,2-3,11-12H2,1H3,(H,24,27). The fraction of sp³-hybridized carbons (Fsp3) is 0.238. The predicted molar refractivity (Wildman–Crippen MR) is 119 cm³/mol. The van der Waals surface area contributed by atoms with E-state index in [9.17, 15) is 13.2 Å². The molecular weight excluding hydrogens is 461 g/mol. The summed E-state index contributed by atoms with van der Waals surface area (Å²) in [7, 11) is -3.52. The summed E-state index contributed by atoms with van der Waals surface area (Å²) in [5.41, 5.74) is 1.27. The molecular formula is C21H19Cl2N3O4S. The molecule has 31 heavy (non-hydrogen) atoms. The minimum absolute atomic E-state index is 0.192. The van der Waals surface area contributed by atoms with Gasteiger partial charge in [0.1, 0.15) is 17.0 Å². The van der Waals surface area contributed by atoms with Crippen LogP contribution in [0.15, 0.2) is 51.9 Å². The highest BCUT2D eigenvalue weighted by Crippen LogP contribution is 2.37. The Hall–Kier alpha value is -2.39. The number of nitrogens with zero attached hydrogens (tertiary/aromatic N) is 2. The Labute approximate surface area is 190 Å². The molecule has 1 aromatic heterocycles. The first kappa shape index (κ1) is 21.8. The Balaban J connectivity index is 1.59. The molecule has 0 unspecified atom stereocenters. The van der Waals surface area contributed by atoms with Gasteiger partial charge in [0.2, 0.25) is 10.0 Å². The van der Waals surface area contributed by atoms with E-state index < -0.39 is 15.9 Å². The molecule has 3 aromatic rings. The molecule has 1 aliphatic heterocycles. The number of carbonyl (C=O) groups excluding carboxylic acids is 1. The van der Waals surface area contributed by atoms with Gasteiger partial charge in [-0.05, 0) is 56.2 Å². The maximum atomic E-state index is 13.0. The van der Waals surface area contributed by atoms with Crippen LogP contribution in [-0.2, 0) is 10.0 Å². The number of benzene rings is 2. The van der Waals surface area contributed by atoms with E-state index in [1.807, 2.05) is 0 Å². The van der Waals surface area contributed by atoms with E-state index in [1.54, 1.807) is 37.3 Å². The average Bonchev–Trinajstić information content (AvgIpc) is 3.39. The number of amides is 1. The molecule has 0 spiro atoms. The van der Waals surface area contributed by atoms with E-state index in [0.29, 0.717) is 40.1 Å². The summed E-state index contributed by atoms with van der Waals surface area (Å²) >= 11 is 12.5. The van der Waals surface area contributed by atoms with Crippen molar-refractivity contribution >= 4 is 44.8 Å². The monoisotopic (exact) mass is 479 g/mol. The molecule has 4 rings (SSSR count). The van der Waals surface area contributed by atoms with Crippen molar-refractivity contribution in [2.75, 3.05) is 18.4 Å². The van der Waals surface area contributed by atoms with E-state index in [4.69, 9.17) is 27.7 Å². The minimum Gasteiger partial charge on any atom is -0.360 e. The van der Waals surface area contributed by atoms with Crippen LogP contribution in [-0.4, -0.2) is 36.9 Å². The van der Waals surface area contributed by atoms with Crippen LogP contribution < -0.4 is 5.32 Å². The Kier molecular flexibility index (Phi) is 6.07. The van der Waals surface area contributed by atoms with Gasteiger partial charge in [0, 0.05) is 24.3 Å². The van der Waals surface area contributed by atoms with E-state index in [1.165, 1.54) is 16.4 Å². The van der Waals surface area contributed by atoms with Crippen LogP contribution in [0.3, 0.4) is 0 Å². The molecule has 2 heterocycles. The number of hydrogen-bond acceptors (Lipinski definition) is 5. The van der Waals surface area contributed by atoms with Crippen molar-refractivity contribution in [3.8, 4) is 11.3 Å². The number of aromatic nitrogens is 1. The number of nitrogens with one attached hydrogen (secondary N) is 1. The van der Waals surface area contributed by atoms with Crippen molar-refractivity contribution in [2.45, 2.75) is 24.7 Å². The lowest BCUT2D eigenvalue weighted by atomic mass is 10.1. The number of hydrogen-bond donors (Lipinski definition) is 1. The molecule has 162 valence electrons. The third-order valence-corrected chi connectivity index (χ3v) is 7.65. The van der Waals surface area contributed by atoms with E-state index in [0.717, 1.165) is 12.8 Å². The predicted octanol–water partition coefficient (Wildman–Crippen LogP) is 4.99. The zero-order valence-corrected chi connectivity index (χ0v) is 18.9. The maximum Gasteiger partial charge on any atom is 0.261 e. The van der Waals surface area contributed by atoms with Gasteiger partial charge < -0.3 is 9.84 Å². The maximum absolute atomic E-state index is 13.0. The third-order valence-electron chi connectivity index (χ3n) is 5.10. The van der Waals surface area contributed by atoms with Gasteiger partial charge in [0.05, 0.1) is 14.9 Å². The highest BCUT2D eigenvalue weighted by Gasteiger charge is 2.28. The molecule has 0 aliphatic carbocycles. The molecule has 10 heteroatoms.